The lowest BCUT2D eigenvalue weighted by Gasteiger charge is -2.43. The number of rotatable bonds is 13. The van der Waals surface area contributed by atoms with Crippen molar-refractivity contribution in [2.24, 2.45) is 0 Å². The zero-order chi connectivity index (χ0) is 48.9. The summed E-state index contributed by atoms with van der Waals surface area (Å²) in [5.74, 6) is 0.931. The molecule has 15 nitrogen and oxygen atoms in total. The van der Waals surface area contributed by atoms with E-state index in [-0.39, 0.29) is 18.2 Å². The fourth-order valence-electron chi connectivity index (χ4n) is 11.4. The maximum Gasteiger partial charge on any atom is 0.249 e. The number of nitrogens with zero attached hydrogens (tertiary/aromatic N) is 7. The second-order valence-corrected chi connectivity index (χ2v) is 24.1. The van der Waals surface area contributed by atoms with E-state index in [1.54, 1.807) is 18.2 Å². The molecule has 0 radical (unpaired) electrons. The first kappa shape index (κ1) is 48.2. The van der Waals surface area contributed by atoms with E-state index >= 15 is 0 Å². The Balaban J connectivity index is 0.753. The van der Waals surface area contributed by atoms with Crippen molar-refractivity contribution in [1.29, 1.82) is 0 Å². The van der Waals surface area contributed by atoms with E-state index in [9.17, 15) is 18.9 Å². The molecule has 5 aliphatic rings. The lowest BCUT2D eigenvalue weighted by Crippen LogP contribution is -2.55. The minimum atomic E-state index is -2.63. The monoisotopic (exact) mass is 1030 g/mol. The Labute approximate surface area is 419 Å². The summed E-state index contributed by atoms with van der Waals surface area (Å²) in [6.45, 7) is 15.0. The van der Waals surface area contributed by atoms with E-state index in [2.05, 4.69) is 88.8 Å². The summed E-state index contributed by atoms with van der Waals surface area (Å²) in [7, 11) is -0.933. The van der Waals surface area contributed by atoms with Gasteiger partial charge in [-0.2, -0.15) is 4.98 Å². The number of amides is 3. The molecular formula is C53H64BrN10O5P. The first-order valence-corrected chi connectivity index (χ1v) is 27.9. The lowest BCUT2D eigenvalue weighted by atomic mass is 9.85. The summed E-state index contributed by atoms with van der Waals surface area (Å²) >= 11 is 3.67. The number of aromatic nitrogens is 3. The number of piperidine rings is 2. The van der Waals surface area contributed by atoms with Crippen molar-refractivity contribution in [2.75, 3.05) is 85.7 Å². The molecule has 0 spiro atoms. The Kier molecular flexibility index (Phi) is 13.5. The molecule has 17 heteroatoms. The topological polar surface area (TPSA) is 165 Å². The van der Waals surface area contributed by atoms with Crippen LogP contribution in [0.3, 0.4) is 0 Å². The van der Waals surface area contributed by atoms with E-state index in [4.69, 9.17) is 14.7 Å². The molecule has 3 aromatic carbocycles. The van der Waals surface area contributed by atoms with Gasteiger partial charge in [0.2, 0.25) is 23.7 Å². The molecule has 368 valence electrons. The Hall–Kier alpha value is -5.41. The van der Waals surface area contributed by atoms with Crippen molar-refractivity contribution in [3.05, 3.63) is 87.7 Å². The normalized spacial score (nSPS) is 20.8. The third-order valence-corrected chi connectivity index (χ3v) is 19.4. The number of fused-ring (bicyclic) bond motifs is 2. The van der Waals surface area contributed by atoms with E-state index in [0.29, 0.717) is 41.0 Å². The summed E-state index contributed by atoms with van der Waals surface area (Å²) in [5, 5.41) is 11.2. The van der Waals surface area contributed by atoms with Gasteiger partial charge in [-0.3, -0.25) is 34.5 Å². The maximum atomic E-state index is 14.5. The molecule has 0 bridgehead atoms. The average molecular weight is 1030 g/mol. The van der Waals surface area contributed by atoms with Crippen LogP contribution in [0.5, 0.6) is 5.75 Å². The molecule has 0 saturated carbocycles. The lowest BCUT2D eigenvalue weighted by molar-refractivity contribution is -0.136. The molecule has 4 saturated heterocycles. The quantitative estimate of drug-likeness (QED) is 0.0765. The van der Waals surface area contributed by atoms with Gasteiger partial charge in [0.15, 0.2) is 0 Å². The Bertz CT molecular complexity index is 2910. The molecule has 4 fully saturated rings. The Morgan fingerprint density at radius 3 is 2.39 bits per heavy atom. The van der Waals surface area contributed by atoms with Crippen molar-refractivity contribution < 1.29 is 23.7 Å². The highest BCUT2D eigenvalue weighted by Crippen LogP contribution is 2.54. The zero-order valence-electron chi connectivity index (χ0n) is 40.9. The van der Waals surface area contributed by atoms with Crippen LogP contribution in [0.2, 0.25) is 0 Å². The van der Waals surface area contributed by atoms with Crippen LogP contribution in [-0.2, 0) is 37.2 Å². The molecule has 2 aromatic heterocycles. The number of carbonyl (C=O) groups is 3. The standard InChI is InChI=1S/C53H64BrN10O5P/c1-6-35-30-42(58-52-55-32-39(54)49(60-52)57-41-13-12-40-37(11-9-33(2)56-40)48(41)70(68)27-7-8-28-70)46(69-5)31-45(35)63-21-18-36(19-22-63)62-25-23-61(24-26-62)20-17-34-10-14-43-38(29-34)53(3,4)51(67)64(43)44-15-16-47(65)59-50(44)66/h9-14,29-32,36,44H,6-8,15-28H2,1-5H3,(H,59,65,66)(H2,55,57,58,60). The van der Waals surface area contributed by atoms with E-state index < -0.39 is 24.5 Å². The van der Waals surface area contributed by atoms with Gasteiger partial charge in [-0.15, -0.1) is 0 Å². The molecule has 0 aliphatic carbocycles. The third kappa shape index (κ3) is 9.32. The maximum absolute atomic E-state index is 14.5. The van der Waals surface area contributed by atoms with Gasteiger partial charge in [-0.05, 0) is 129 Å². The number of carbonyl (C=O) groups excluding carboxylic acids is 3. The first-order valence-electron chi connectivity index (χ1n) is 25.0. The van der Waals surface area contributed by atoms with Gasteiger partial charge < -0.3 is 29.7 Å². The third-order valence-electron chi connectivity index (χ3n) is 15.4. The second kappa shape index (κ2) is 19.7. The number of halogens is 1. The number of methoxy groups -OCH3 is 1. The minimum absolute atomic E-state index is 0.0927. The fraction of sp³-hybridized carbons (Fsp3) is 0.472. The van der Waals surface area contributed by atoms with Crippen molar-refractivity contribution in [1.82, 2.24) is 30.1 Å². The number of nitrogens with one attached hydrogen (secondary N) is 3. The first-order chi connectivity index (χ1) is 33.7. The van der Waals surface area contributed by atoms with Gasteiger partial charge in [0.05, 0.1) is 33.9 Å². The van der Waals surface area contributed by atoms with E-state index in [1.807, 2.05) is 45.0 Å². The minimum Gasteiger partial charge on any atom is -0.494 e. The smallest absolute Gasteiger partial charge is 0.249 e. The number of pyridine rings is 1. The predicted octanol–water partition coefficient (Wildman–Crippen LogP) is 8.19. The van der Waals surface area contributed by atoms with Crippen molar-refractivity contribution in [2.45, 2.75) is 96.6 Å². The van der Waals surface area contributed by atoms with Gasteiger partial charge in [0.25, 0.3) is 0 Å². The van der Waals surface area contributed by atoms with Crippen LogP contribution < -0.4 is 35.8 Å². The number of aryl methyl sites for hydroxylation is 2. The van der Waals surface area contributed by atoms with Gasteiger partial charge >= 0.3 is 0 Å². The Morgan fingerprint density at radius 1 is 0.886 bits per heavy atom. The summed E-state index contributed by atoms with van der Waals surface area (Å²) in [6.07, 6.45) is 9.54. The number of ether oxygens (including phenoxy) is 1. The molecule has 1 atom stereocenters. The molecular weight excluding hydrogens is 968 g/mol. The Morgan fingerprint density at radius 2 is 1.66 bits per heavy atom. The summed E-state index contributed by atoms with van der Waals surface area (Å²) in [6, 6.07) is 18.5. The van der Waals surface area contributed by atoms with Crippen molar-refractivity contribution in [3.63, 3.8) is 0 Å². The largest absolute Gasteiger partial charge is 0.494 e. The molecule has 5 aromatic rings. The number of benzene rings is 3. The van der Waals surface area contributed by atoms with E-state index in [1.165, 1.54) is 16.8 Å². The fourth-order valence-corrected chi connectivity index (χ4v) is 15.1. The molecule has 3 amide bonds. The zero-order valence-corrected chi connectivity index (χ0v) is 43.4. The molecule has 3 N–H and O–H groups in total. The highest BCUT2D eigenvalue weighted by atomic mass is 79.9. The van der Waals surface area contributed by atoms with Gasteiger partial charge in [0, 0.05) is 111 Å². The van der Waals surface area contributed by atoms with Crippen LogP contribution in [0.1, 0.15) is 81.7 Å². The number of hydrogen-bond donors (Lipinski definition) is 3. The average Bonchev–Trinajstić information content (AvgIpc) is 3.89. The van der Waals surface area contributed by atoms with Crippen LogP contribution in [0, 0.1) is 6.92 Å². The molecule has 70 heavy (non-hydrogen) atoms. The van der Waals surface area contributed by atoms with Crippen LogP contribution in [0.4, 0.5) is 34.5 Å². The predicted molar refractivity (Wildman–Crippen MR) is 281 cm³/mol. The van der Waals surface area contributed by atoms with Crippen LogP contribution >= 0.6 is 23.1 Å². The molecule has 5 aliphatic heterocycles. The van der Waals surface area contributed by atoms with E-state index in [0.717, 1.165) is 135 Å². The highest BCUT2D eigenvalue weighted by Gasteiger charge is 2.49. The molecule has 7 heterocycles. The molecule has 10 rings (SSSR count). The SMILES string of the molecule is CCc1cc(Nc2ncc(Br)c(Nc3ccc4nc(C)ccc4c3P3(=O)CCCC3)n2)c(OC)cc1N1CCC(N2CCN(CCc3ccc4c(c3)C(C)(C)C(=O)N4C3CCC(=O)NC3=O)CC2)CC1. The summed E-state index contributed by atoms with van der Waals surface area (Å²) < 4.78 is 21.2. The van der Waals surface area contributed by atoms with Crippen LogP contribution in [-0.4, -0.2) is 120 Å². The molecule has 1 unspecified atom stereocenters. The van der Waals surface area contributed by atoms with Gasteiger partial charge in [0.1, 0.15) is 24.8 Å². The second-order valence-electron chi connectivity index (χ2n) is 20.2. The van der Waals surface area contributed by atoms with Crippen LogP contribution in [0.15, 0.2) is 65.3 Å². The van der Waals surface area contributed by atoms with Crippen LogP contribution in [0.25, 0.3) is 10.9 Å². The highest BCUT2D eigenvalue weighted by molar-refractivity contribution is 9.10. The van der Waals surface area contributed by atoms with Crippen molar-refractivity contribution in [3.8, 4) is 5.75 Å². The number of hydrogen-bond acceptors (Lipinski definition) is 13. The number of imide groups is 1. The van der Waals surface area contributed by atoms with Gasteiger partial charge in [-0.25, -0.2) is 4.98 Å². The van der Waals surface area contributed by atoms with Crippen molar-refractivity contribution >= 4 is 91.5 Å². The summed E-state index contributed by atoms with van der Waals surface area (Å²) in [5.41, 5.74) is 7.95. The van der Waals surface area contributed by atoms with Gasteiger partial charge in [-0.1, -0.05) is 25.1 Å². The number of anilines is 6. The summed E-state index contributed by atoms with van der Waals surface area (Å²) in [4.78, 5) is 61.9. The number of piperazine rings is 1.